The third-order valence-electron chi connectivity index (χ3n) is 5.88. The molecule has 4 aromatic carbocycles. The van der Waals surface area contributed by atoms with Gasteiger partial charge in [0.1, 0.15) is 0 Å². The molecule has 0 heterocycles. The van der Waals surface area contributed by atoms with Crippen molar-refractivity contribution in [1.29, 1.82) is 0 Å². The summed E-state index contributed by atoms with van der Waals surface area (Å²) in [6.07, 6.45) is 6.60. The van der Waals surface area contributed by atoms with Gasteiger partial charge in [0.05, 0.1) is 0 Å². The Bertz CT molecular complexity index is 1320. The number of rotatable bonds is 5. The molecule has 0 amide bonds. The lowest BCUT2D eigenvalue weighted by Gasteiger charge is -2.09. The Morgan fingerprint density at radius 2 is 0.970 bits per heavy atom. The van der Waals surface area contributed by atoms with Crippen molar-refractivity contribution in [2.75, 3.05) is 0 Å². The van der Waals surface area contributed by atoms with Crippen LogP contribution in [-0.4, -0.2) is 0 Å². The molecule has 0 aliphatic carbocycles. The summed E-state index contributed by atoms with van der Waals surface area (Å²) in [4.78, 5) is 0. The molecule has 0 fully saturated rings. The summed E-state index contributed by atoms with van der Waals surface area (Å²) >= 11 is 0. The van der Waals surface area contributed by atoms with Gasteiger partial charge in [0.25, 0.3) is 0 Å². The lowest BCUT2D eigenvalue weighted by atomic mass is 9.95. The van der Waals surface area contributed by atoms with Crippen molar-refractivity contribution in [3.63, 3.8) is 0 Å². The molecule has 0 radical (unpaired) electrons. The van der Waals surface area contributed by atoms with Crippen LogP contribution in [-0.2, 0) is 0 Å². The zero-order valence-electron chi connectivity index (χ0n) is 19.7. The first kappa shape index (κ1) is 22.3. The van der Waals surface area contributed by atoms with Crippen LogP contribution in [0, 0.1) is 20.8 Å². The van der Waals surface area contributed by atoms with Crippen molar-refractivity contribution < 1.29 is 0 Å². The average molecular weight is 427 g/mol. The second-order valence-electron chi connectivity index (χ2n) is 8.65. The molecule has 0 heteroatoms. The largest absolute Gasteiger partial charge is 0.0918 e. The molecule has 0 atom stereocenters. The smallest absolute Gasteiger partial charge is 0.0111 e. The van der Waals surface area contributed by atoms with Crippen LogP contribution < -0.4 is 10.4 Å². The van der Waals surface area contributed by atoms with Crippen molar-refractivity contribution in [3.05, 3.63) is 159 Å². The van der Waals surface area contributed by atoms with Gasteiger partial charge < -0.3 is 0 Å². The summed E-state index contributed by atoms with van der Waals surface area (Å²) in [6, 6.07) is 34.6. The topological polar surface area (TPSA) is 0 Å². The summed E-state index contributed by atoms with van der Waals surface area (Å²) in [5.41, 5.74) is 9.83. The van der Waals surface area contributed by atoms with E-state index in [2.05, 4.69) is 143 Å². The average Bonchev–Trinajstić information content (AvgIpc) is 2.82. The Morgan fingerprint density at radius 3 is 1.42 bits per heavy atom. The van der Waals surface area contributed by atoms with E-state index in [1.54, 1.807) is 0 Å². The molecule has 4 aromatic rings. The fraction of sp³-hybridized carbons (Fsp3) is 0.0909. The fourth-order valence-corrected chi connectivity index (χ4v) is 3.84. The van der Waals surface area contributed by atoms with Crippen molar-refractivity contribution in [2.45, 2.75) is 20.8 Å². The van der Waals surface area contributed by atoms with E-state index >= 15 is 0 Å². The van der Waals surface area contributed by atoms with E-state index in [4.69, 9.17) is 0 Å². The maximum atomic E-state index is 4.03. The van der Waals surface area contributed by atoms with Crippen molar-refractivity contribution >= 4 is 17.7 Å². The van der Waals surface area contributed by atoms with E-state index in [0.29, 0.717) is 0 Å². The second kappa shape index (κ2) is 10.1. The predicted molar refractivity (Wildman–Crippen MR) is 143 cm³/mol. The molecule has 4 rings (SSSR count). The number of hydrogen-bond donors (Lipinski definition) is 0. The minimum Gasteiger partial charge on any atom is -0.0918 e. The highest BCUT2D eigenvalue weighted by Crippen LogP contribution is 2.25. The molecule has 0 spiro atoms. The van der Waals surface area contributed by atoms with Gasteiger partial charge >= 0.3 is 0 Å². The Balaban J connectivity index is 1.82. The van der Waals surface area contributed by atoms with E-state index < -0.39 is 0 Å². The van der Waals surface area contributed by atoms with E-state index in [1.165, 1.54) is 49.7 Å². The molecule has 0 aliphatic heterocycles. The molecule has 0 unspecified atom stereocenters. The Labute approximate surface area is 197 Å². The molecule has 0 N–H and O–H groups in total. The number of allylic oxidation sites excluding steroid dienone is 3. The van der Waals surface area contributed by atoms with Gasteiger partial charge in [-0.15, -0.1) is 0 Å². The minimum absolute atomic E-state index is 1.02. The first-order valence-electron chi connectivity index (χ1n) is 11.4. The van der Waals surface area contributed by atoms with Crippen LogP contribution in [0.15, 0.2) is 115 Å². The number of hydrogen-bond acceptors (Lipinski definition) is 0. The van der Waals surface area contributed by atoms with E-state index in [-0.39, 0.29) is 0 Å². The fourth-order valence-electron chi connectivity index (χ4n) is 3.84. The van der Waals surface area contributed by atoms with E-state index in [9.17, 15) is 0 Å². The molecule has 33 heavy (non-hydrogen) atoms. The van der Waals surface area contributed by atoms with Gasteiger partial charge in [-0.2, -0.15) is 0 Å². The van der Waals surface area contributed by atoms with E-state index in [0.717, 1.165) is 5.22 Å². The van der Waals surface area contributed by atoms with Gasteiger partial charge in [0, 0.05) is 0 Å². The van der Waals surface area contributed by atoms with Crippen LogP contribution in [0.5, 0.6) is 0 Å². The first-order chi connectivity index (χ1) is 16.0. The summed E-state index contributed by atoms with van der Waals surface area (Å²) in [5.74, 6) is 0. The molecular weight excluding hydrogens is 396 g/mol. The Kier molecular flexibility index (Phi) is 6.86. The lowest BCUT2D eigenvalue weighted by Crippen LogP contribution is -2.09. The van der Waals surface area contributed by atoms with Crippen molar-refractivity contribution in [3.8, 4) is 0 Å². The number of benzene rings is 4. The molecule has 0 aliphatic rings. The first-order valence-corrected chi connectivity index (χ1v) is 11.4. The van der Waals surface area contributed by atoms with Gasteiger partial charge in [-0.25, -0.2) is 0 Å². The molecule has 162 valence electrons. The van der Waals surface area contributed by atoms with Crippen LogP contribution in [0.3, 0.4) is 0 Å². The minimum atomic E-state index is 1.02. The van der Waals surface area contributed by atoms with Crippen LogP contribution in [0.4, 0.5) is 0 Å². The van der Waals surface area contributed by atoms with Crippen LogP contribution in [0.25, 0.3) is 17.7 Å². The Hall–Kier alpha value is -3.90. The van der Waals surface area contributed by atoms with Crippen LogP contribution >= 0.6 is 0 Å². The monoisotopic (exact) mass is 426 g/mol. The zero-order valence-corrected chi connectivity index (χ0v) is 19.7. The van der Waals surface area contributed by atoms with Gasteiger partial charge in [-0.05, 0) is 59.0 Å². The number of aryl methyl sites for hydroxylation is 3. The van der Waals surface area contributed by atoms with Crippen molar-refractivity contribution in [2.24, 2.45) is 0 Å². The standard InChI is InChI=1S/C33H30/c1-24-8-16-28(17-9-24)32(29-18-10-25(2)11-19-29)6-5-7-33(30-20-12-26(3)13-21-30)31-22-14-27(4)15-23-31/h5-23H,1H2,2-4H3/b6-5+. The van der Waals surface area contributed by atoms with E-state index in [1.807, 2.05) is 0 Å². The molecule has 0 saturated heterocycles. The lowest BCUT2D eigenvalue weighted by molar-refractivity contribution is 1.42. The van der Waals surface area contributed by atoms with Crippen LogP contribution in [0.1, 0.15) is 33.4 Å². The molecule has 0 aromatic heterocycles. The van der Waals surface area contributed by atoms with Crippen molar-refractivity contribution in [1.82, 2.24) is 0 Å². The molecule has 0 nitrogen and oxygen atoms in total. The maximum absolute atomic E-state index is 4.03. The third kappa shape index (κ3) is 5.67. The summed E-state index contributed by atoms with van der Waals surface area (Å²) in [7, 11) is 0. The summed E-state index contributed by atoms with van der Waals surface area (Å²) in [6.45, 7) is 10.4. The molecule has 0 saturated carbocycles. The highest BCUT2D eigenvalue weighted by Gasteiger charge is 2.05. The highest BCUT2D eigenvalue weighted by atomic mass is 14.1. The van der Waals surface area contributed by atoms with Gasteiger partial charge in [-0.3, -0.25) is 0 Å². The quantitative estimate of drug-likeness (QED) is 0.304. The Morgan fingerprint density at radius 1 is 0.545 bits per heavy atom. The third-order valence-corrected chi connectivity index (χ3v) is 5.88. The summed E-state index contributed by atoms with van der Waals surface area (Å²) in [5, 5.41) is 2.20. The molecule has 0 bridgehead atoms. The summed E-state index contributed by atoms with van der Waals surface area (Å²) < 4.78 is 0. The van der Waals surface area contributed by atoms with Gasteiger partial charge in [0.15, 0.2) is 0 Å². The SMILES string of the molecule is C=c1ccc(=C(/C=C/C=C(c2ccc(C)cc2)c2ccc(C)cc2)c2ccc(C)cc2)cc1. The van der Waals surface area contributed by atoms with Gasteiger partial charge in [0.2, 0.25) is 0 Å². The second-order valence-corrected chi connectivity index (χ2v) is 8.65. The highest BCUT2D eigenvalue weighted by molar-refractivity contribution is 5.82. The van der Waals surface area contributed by atoms with Gasteiger partial charge in [-0.1, -0.05) is 139 Å². The maximum Gasteiger partial charge on any atom is -0.0111 e. The molecular formula is C33H30. The van der Waals surface area contributed by atoms with Crippen LogP contribution in [0.2, 0.25) is 0 Å². The zero-order chi connectivity index (χ0) is 23.2. The predicted octanol–water partition coefficient (Wildman–Crippen LogP) is 6.91. The normalized spacial score (nSPS) is 10.9.